The van der Waals surface area contributed by atoms with E-state index in [1.165, 1.54) is 0 Å². The quantitative estimate of drug-likeness (QED) is 0.775. The van der Waals surface area contributed by atoms with Crippen molar-refractivity contribution in [2.75, 3.05) is 6.54 Å². The van der Waals surface area contributed by atoms with Gasteiger partial charge in [0.05, 0.1) is 22.3 Å². The predicted molar refractivity (Wildman–Crippen MR) is 70.6 cm³/mol. The molecule has 96 valence electrons. The van der Waals surface area contributed by atoms with E-state index in [0.29, 0.717) is 22.2 Å². The lowest BCUT2D eigenvalue weighted by atomic mass is 10.0. The molecule has 1 aromatic carbocycles. The smallest absolute Gasteiger partial charge is 0.0940 e. The molecule has 0 aliphatic heterocycles. The number of rotatable bonds is 5. The highest BCUT2D eigenvalue weighted by Crippen LogP contribution is 2.26. The second kappa shape index (κ2) is 6.57. The molecular weight excluding hydrogens is 261 g/mol. The van der Waals surface area contributed by atoms with Gasteiger partial charge in [0.25, 0.3) is 0 Å². The van der Waals surface area contributed by atoms with Crippen LogP contribution in [0.2, 0.25) is 10.0 Å². The van der Waals surface area contributed by atoms with Crippen molar-refractivity contribution in [1.29, 1.82) is 0 Å². The first-order valence-corrected chi connectivity index (χ1v) is 6.22. The zero-order chi connectivity index (χ0) is 13.0. The molecule has 0 saturated carbocycles. The lowest BCUT2D eigenvalue weighted by molar-refractivity contribution is 0.121. The lowest BCUT2D eigenvalue weighted by Gasteiger charge is -2.21. The summed E-state index contributed by atoms with van der Waals surface area (Å²) in [4.78, 5) is 0. The molecule has 0 saturated heterocycles. The van der Waals surface area contributed by atoms with Crippen LogP contribution in [0.5, 0.6) is 0 Å². The van der Waals surface area contributed by atoms with Gasteiger partial charge in [-0.1, -0.05) is 29.3 Å². The Hall–Kier alpha value is -0.320. The molecule has 1 aromatic rings. The van der Waals surface area contributed by atoms with Crippen LogP contribution in [0.1, 0.15) is 25.5 Å². The molecule has 0 bridgehead atoms. The second-order valence-corrected chi connectivity index (χ2v) is 4.98. The molecule has 0 amide bonds. The van der Waals surface area contributed by atoms with Gasteiger partial charge >= 0.3 is 0 Å². The minimum Gasteiger partial charge on any atom is -0.392 e. The van der Waals surface area contributed by atoms with Gasteiger partial charge in [-0.05, 0) is 31.5 Å². The van der Waals surface area contributed by atoms with Gasteiger partial charge < -0.3 is 15.5 Å². The van der Waals surface area contributed by atoms with Gasteiger partial charge in [-0.25, -0.2) is 0 Å². The van der Waals surface area contributed by atoms with E-state index in [0.717, 1.165) is 0 Å². The van der Waals surface area contributed by atoms with Crippen molar-refractivity contribution in [3.63, 3.8) is 0 Å². The number of nitrogens with one attached hydrogen (secondary N) is 1. The Morgan fingerprint density at radius 3 is 2.35 bits per heavy atom. The van der Waals surface area contributed by atoms with E-state index in [4.69, 9.17) is 28.3 Å². The molecule has 3 atom stereocenters. The van der Waals surface area contributed by atoms with Gasteiger partial charge in [0.15, 0.2) is 0 Å². The van der Waals surface area contributed by atoms with Crippen molar-refractivity contribution in [2.45, 2.75) is 32.1 Å². The van der Waals surface area contributed by atoms with E-state index in [1.807, 2.05) is 6.92 Å². The number of hydrogen-bond donors (Lipinski definition) is 3. The summed E-state index contributed by atoms with van der Waals surface area (Å²) in [6, 6.07) is 4.86. The van der Waals surface area contributed by atoms with Crippen molar-refractivity contribution in [3.8, 4) is 0 Å². The summed E-state index contributed by atoms with van der Waals surface area (Å²) < 4.78 is 0. The van der Waals surface area contributed by atoms with Crippen LogP contribution in [0, 0.1) is 0 Å². The number of benzene rings is 1. The molecule has 0 aliphatic rings. The molecule has 0 radical (unpaired) electrons. The third-order valence-corrected chi connectivity index (χ3v) is 3.23. The Kier molecular flexibility index (Phi) is 5.70. The van der Waals surface area contributed by atoms with Crippen molar-refractivity contribution in [2.24, 2.45) is 0 Å². The van der Waals surface area contributed by atoms with E-state index in [-0.39, 0.29) is 6.04 Å². The minimum absolute atomic E-state index is 0.179. The Balaban J connectivity index is 2.67. The molecule has 3 N–H and O–H groups in total. The zero-order valence-corrected chi connectivity index (χ0v) is 11.3. The third-order valence-electron chi connectivity index (χ3n) is 2.49. The van der Waals surface area contributed by atoms with Crippen LogP contribution in [0.15, 0.2) is 18.2 Å². The first-order chi connectivity index (χ1) is 7.91. The summed E-state index contributed by atoms with van der Waals surface area (Å²) in [5.41, 5.74) is 0.699. The van der Waals surface area contributed by atoms with Crippen molar-refractivity contribution >= 4 is 23.2 Å². The Morgan fingerprint density at radius 1 is 1.18 bits per heavy atom. The Morgan fingerprint density at radius 2 is 1.82 bits per heavy atom. The highest BCUT2D eigenvalue weighted by Gasteiger charge is 2.17. The summed E-state index contributed by atoms with van der Waals surface area (Å²) >= 11 is 11.7. The molecule has 5 heteroatoms. The van der Waals surface area contributed by atoms with Crippen LogP contribution in [-0.2, 0) is 0 Å². The first kappa shape index (κ1) is 14.7. The normalized spacial score (nSPS) is 16.6. The van der Waals surface area contributed by atoms with Gasteiger partial charge in [-0.2, -0.15) is 0 Å². The average Bonchev–Trinajstić information content (AvgIpc) is 2.28. The van der Waals surface area contributed by atoms with E-state index < -0.39 is 12.2 Å². The maximum atomic E-state index is 10.1. The monoisotopic (exact) mass is 277 g/mol. The molecular formula is C12H17Cl2NO2. The van der Waals surface area contributed by atoms with E-state index in [9.17, 15) is 5.11 Å². The molecule has 0 aliphatic carbocycles. The minimum atomic E-state index is -0.691. The van der Waals surface area contributed by atoms with Gasteiger partial charge in [0, 0.05) is 12.6 Å². The predicted octanol–water partition coefficient (Wildman–Crippen LogP) is 2.39. The Bertz CT molecular complexity index is 372. The van der Waals surface area contributed by atoms with Gasteiger partial charge in [0.1, 0.15) is 0 Å². The van der Waals surface area contributed by atoms with E-state index in [1.54, 1.807) is 25.1 Å². The van der Waals surface area contributed by atoms with Gasteiger partial charge in [-0.15, -0.1) is 0 Å². The molecule has 0 aromatic heterocycles. The lowest BCUT2D eigenvalue weighted by Crippen LogP contribution is -2.36. The van der Waals surface area contributed by atoms with E-state index >= 15 is 0 Å². The SMILES string of the molecule is CC(O)CNC(C)C(O)c1ccc(Cl)c(Cl)c1. The van der Waals surface area contributed by atoms with Gasteiger partial charge in [0.2, 0.25) is 0 Å². The third kappa shape index (κ3) is 4.45. The number of hydrogen-bond acceptors (Lipinski definition) is 3. The maximum Gasteiger partial charge on any atom is 0.0940 e. The van der Waals surface area contributed by atoms with Crippen molar-refractivity contribution in [1.82, 2.24) is 5.32 Å². The van der Waals surface area contributed by atoms with Crippen LogP contribution >= 0.6 is 23.2 Å². The van der Waals surface area contributed by atoms with Crippen molar-refractivity contribution in [3.05, 3.63) is 33.8 Å². The summed E-state index contributed by atoms with van der Waals surface area (Å²) in [5, 5.41) is 23.1. The number of halogens is 2. The van der Waals surface area contributed by atoms with Crippen LogP contribution in [0.3, 0.4) is 0 Å². The summed E-state index contributed by atoms with van der Waals surface area (Å²) in [5.74, 6) is 0. The summed E-state index contributed by atoms with van der Waals surface area (Å²) in [6.07, 6.45) is -1.14. The fourth-order valence-electron chi connectivity index (χ4n) is 1.45. The fourth-order valence-corrected chi connectivity index (χ4v) is 1.76. The highest BCUT2D eigenvalue weighted by atomic mass is 35.5. The largest absolute Gasteiger partial charge is 0.392 e. The molecule has 3 nitrogen and oxygen atoms in total. The zero-order valence-electron chi connectivity index (χ0n) is 9.82. The highest BCUT2D eigenvalue weighted by molar-refractivity contribution is 6.42. The van der Waals surface area contributed by atoms with Gasteiger partial charge in [-0.3, -0.25) is 0 Å². The Labute approximate surface area is 111 Å². The molecule has 0 spiro atoms. The fraction of sp³-hybridized carbons (Fsp3) is 0.500. The maximum absolute atomic E-state index is 10.1. The summed E-state index contributed by atoms with van der Waals surface area (Å²) in [6.45, 7) is 3.96. The summed E-state index contributed by atoms with van der Waals surface area (Å²) in [7, 11) is 0. The molecule has 0 fully saturated rings. The molecule has 1 rings (SSSR count). The standard InChI is InChI=1S/C12H17Cl2NO2/c1-7(16)6-15-8(2)12(17)9-3-4-10(13)11(14)5-9/h3-5,7-8,12,15-17H,6H2,1-2H3. The molecule has 3 unspecified atom stereocenters. The van der Waals surface area contributed by atoms with Crippen LogP contribution in [0.4, 0.5) is 0 Å². The van der Waals surface area contributed by atoms with E-state index in [2.05, 4.69) is 5.32 Å². The topological polar surface area (TPSA) is 52.5 Å². The molecule has 0 heterocycles. The van der Waals surface area contributed by atoms with Crippen LogP contribution in [0.25, 0.3) is 0 Å². The second-order valence-electron chi connectivity index (χ2n) is 4.16. The van der Waals surface area contributed by atoms with Crippen LogP contribution in [-0.4, -0.2) is 28.9 Å². The first-order valence-electron chi connectivity index (χ1n) is 5.46. The number of aliphatic hydroxyl groups excluding tert-OH is 2. The van der Waals surface area contributed by atoms with Crippen LogP contribution < -0.4 is 5.32 Å². The average molecular weight is 278 g/mol. The molecule has 17 heavy (non-hydrogen) atoms. The number of aliphatic hydroxyl groups is 2. The van der Waals surface area contributed by atoms with Crippen molar-refractivity contribution < 1.29 is 10.2 Å².